The largest absolute Gasteiger partial charge is 0.381 e. The van der Waals surface area contributed by atoms with E-state index in [0.29, 0.717) is 5.92 Å². The van der Waals surface area contributed by atoms with Crippen molar-refractivity contribution in [3.63, 3.8) is 0 Å². The Balaban J connectivity index is 1.68. The maximum Gasteiger partial charge on any atom is 0.154 e. The summed E-state index contributed by atoms with van der Waals surface area (Å²) in [5.41, 5.74) is 1.25. The van der Waals surface area contributed by atoms with Crippen LogP contribution in [0.3, 0.4) is 0 Å². The number of hydrogen-bond acceptors (Lipinski definition) is 4. The van der Waals surface area contributed by atoms with Gasteiger partial charge in [0.15, 0.2) is 5.82 Å². The van der Waals surface area contributed by atoms with Gasteiger partial charge < -0.3 is 14.6 Å². The zero-order valence-corrected chi connectivity index (χ0v) is 12.0. The minimum atomic E-state index is 0.154. The number of rotatable bonds is 2. The van der Waals surface area contributed by atoms with Crippen molar-refractivity contribution < 1.29 is 4.74 Å². The average molecular weight is 284 g/mol. The number of benzene rings is 1. The highest BCUT2D eigenvalue weighted by molar-refractivity contribution is 5.26. The molecule has 1 saturated heterocycles. The van der Waals surface area contributed by atoms with Gasteiger partial charge in [0.05, 0.1) is 6.04 Å². The van der Waals surface area contributed by atoms with Crippen LogP contribution >= 0.6 is 0 Å². The molecule has 2 aromatic rings. The third-order valence-electron chi connectivity index (χ3n) is 4.47. The fourth-order valence-corrected chi connectivity index (χ4v) is 3.35. The zero-order chi connectivity index (χ0) is 14.1. The van der Waals surface area contributed by atoms with E-state index in [9.17, 15) is 0 Å². The molecule has 4 rings (SSSR count). The van der Waals surface area contributed by atoms with Crippen molar-refractivity contribution >= 4 is 0 Å². The third-order valence-corrected chi connectivity index (χ3v) is 4.47. The Morgan fingerprint density at radius 3 is 2.62 bits per heavy atom. The van der Waals surface area contributed by atoms with Gasteiger partial charge in [-0.05, 0) is 18.4 Å². The van der Waals surface area contributed by atoms with E-state index in [2.05, 4.69) is 44.3 Å². The number of aromatic nitrogens is 3. The summed E-state index contributed by atoms with van der Waals surface area (Å²) in [7, 11) is 0. The van der Waals surface area contributed by atoms with Crippen molar-refractivity contribution in [3.8, 4) is 0 Å². The van der Waals surface area contributed by atoms with Gasteiger partial charge in [-0.15, -0.1) is 10.2 Å². The van der Waals surface area contributed by atoms with Crippen molar-refractivity contribution in [2.45, 2.75) is 31.3 Å². The molecular weight excluding hydrogens is 264 g/mol. The lowest BCUT2D eigenvalue weighted by atomic mass is 9.98. The summed E-state index contributed by atoms with van der Waals surface area (Å²) in [4.78, 5) is 0. The fraction of sp³-hybridized carbons (Fsp3) is 0.500. The highest BCUT2D eigenvalue weighted by Crippen LogP contribution is 2.30. The summed E-state index contributed by atoms with van der Waals surface area (Å²) in [5, 5.41) is 12.6. The van der Waals surface area contributed by atoms with Crippen molar-refractivity contribution in [3.05, 3.63) is 47.5 Å². The second kappa shape index (κ2) is 5.58. The molecule has 3 heterocycles. The molecule has 1 unspecified atom stereocenters. The minimum absolute atomic E-state index is 0.154. The van der Waals surface area contributed by atoms with Crippen LogP contribution in [0.4, 0.5) is 0 Å². The summed E-state index contributed by atoms with van der Waals surface area (Å²) >= 11 is 0. The highest BCUT2D eigenvalue weighted by Gasteiger charge is 2.29. The second-order valence-corrected chi connectivity index (χ2v) is 5.75. The Hall–Kier alpha value is -1.72. The number of hydrogen-bond donors (Lipinski definition) is 1. The Morgan fingerprint density at radius 1 is 1.05 bits per heavy atom. The Labute approximate surface area is 124 Å². The molecule has 110 valence electrons. The summed E-state index contributed by atoms with van der Waals surface area (Å²) in [6.07, 6.45) is 2.11. The van der Waals surface area contributed by atoms with Crippen LogP contribution in [0.2, 0.25) is 0 Å². The monoisotopic (exact) mass is 284 g/mol. The number of nitrogens with zero attached hydrogens (tertiary/aromatic N) is 3. The SMILES string of the molecule is c1ccc(C2NCCn3c(C4CCOCC4)nnc32)cc1. The Morgan fingerprint density at radius 2 is 1.81 bits per heavy atom. The molecule has 1 N–H and O–H groups in total. The molecular formula is C16H20N4O. The molecule has 5 nitrogen and oxygen atoms in total. The first kappa shape index (κ1) is 13.0. The number of ether oxygens (including phenoxy) is 1. The van der Waals surface area contributed by atoms with Crippen molar-refractivity contribution in [1.82, 2.24) is 20.1 Å². The van der Waals surface area contributed by atoms with E-state index in [-0.39, 0.29) is 6.04 Å². The predicted molar refractivity (Wildman–Crippen MR) is 79.1 cm³/mol. The molecule has 0 spiro atoms. The van der Waals surface area contributed by atoms with E-state index in [1.54, 1.807) is 0 Å². The van der Waals surface area contributed by atoms with Crippen molar-refractivity contribution in [2.75, 3.05) is 19.8 Å². The maximum absolute atomic E-state index is 5.46. The first-order valence-electron chi connectivity index (χ1n) is 7.72. The van der Waals surface area contributed by atoms with Gasteiger partial charge in [-0.3, -0.25) is 0 Å². The predicted octanol–water partition coefficient (Wildman–Crippen LogP) is 1.86. The molecule has 21 heavy (non-hydrogen) atoms. The summed E-state index contributed by atoms with van der Waals surface area (Å²) in [6.45, 7) is 3.60. The molecule has 1 atom stereocenters. The van der Waals surface area contributed by atoms with Gasteiger partial charge >= 0.3 is 0 Å². The zero-order valence-electron chi connectivity index (χ0n) is 12.0. The van der Waals surface area contributed by atoms with Crippen LogP contribution in [-0.2, 0) is 11.3 Å². The molecule has 0 amide bonds. The van der Waals surface area contributed by atoms with Crippen LogP contribution in [0.1, 0.15) is 42.0 Å². The van der Waals surface area contributed by atoms with Crippen molar-refractivity contribution in [2.24, 2.45) is 0 Å². The lowest BCUT2D eigenvalue weighted by molar-refractivity contribution is 0.0826. The molecule has 0 saturated carbocycles. The summed E-state index contributed by atoms with van der Waals surface area (Å²) < 4.78 is 7.79. The normalized spacial score (nSPS) is 23.0. The topological polar surface area (TPSA) is 52.0 Å². The van der Waals surface area contributed by atoms with Crippen LogP contribution in [0.5, 0.6) is 0 Å². The van der Waals surface area contributed by atoms with Gasteiger partial charge in [-0.2, -0.15) is 0 Å². The average Bonchev–Trinajstić information content (AvgIpc) is 3.00. The van der Waals surface area contributed by atoms with Crippen LogP contribution in [0.15, 0.2) is 30.3 Å². The highest BCUT2D eigenvalue weighted by atomic mass is 16.5. The Kier molecular flexibility index (Phi) is 3.45. The van der Waals surface area contributed by atoms with Crippen LogP contribution in [0, 0.1) is 0 Å². The maximum atomic E-state index is 5.46. The van der Waals surface area contributed by atoms with E-state index in [1.807, 2.05) is 6.07 Å². The first-order chi connectivity index (χ1) is 10.4. The van der Waals surface area contributed by atoms with Crippen molar-refractivity contribution in [1.29, 1.82) is 0 Å². The molecule has 1 aromatic heterocycles. The molecule has 2 aliphatic rings. The second-order valence-electron chi connectivity index (χ2n) is 5.75. The number of fused-ring (bicyclic) bond motifs is 1. The molecule has 5 heteroatoms. The standard InChI is InChI=1S/C16H20N4O/c1-2-4-12(5-3-1)14-16-19-18-15(20(16)9-8-17-14)13-6-10-21-11-7-13/h1-5,13-14,17H,6-11H2. The third kappa shape index (κ3) is 2.36. The molecule has 1 aromatic carbocycles. The summed E-state index contributed by atoms with van der Waals surface area (Å²) in [6, 6.07) is 10.6. The lowest BCUT2D eigenvalue weighted by Crippen LogP contribution is -2.35. The smallest absolute Gasteiger partial charge is 0.154 e. The van der Waals surface area contributed by atoms with Gasteiger partial charge in [-0.25, -0.2) is 0 Å². The lowest BCUT2D eigenvalue weighted by Gasteiger charge is -2.28. The van der Waals surface area contributed by atoms with Crippen LogP contribution in [0.25, 0.3) is 0 Å². The fourth-order valence-electron chi connectivity index (χ4n) is 3.35. The number of nitrogens with one attached hydrogen (secondary N) is 1. The molecule has 2 aliphatic heterocycles. The van der Waals surface area contributed by atoms with Gasteiger partial charge in [-0.1, -0.05) is 30.3 Å². The van der Waals surface area contributed by atoms with E-state index in [1.165, 1.54) is 5.56 Å². The minimum Gasteiger partial charge on any atom is -0.381 e. The van der Waals surface area contributed by atoms with Gasteiger partial charge in [0, 0.05) is 32.2 Å². The molecule has 0 bridgehead atoms. The molecule has 1 fully saturated rings. The quantitative estimate of drug-likeness (QED) is 0.914. The van der Waals surface area contributed by atoms with E-state index >= 15 is 0 Å². The van der Waals surface area contributed by atoms with Gasteiger partial charge in [0.25, 0.3) is 0 Å². The molecule has 0 radical (unpaired) electrons. The molecule has 0 aliphatic carbocycles. The van der Waals surface area contributed by atoms with Crippen LogP contribution in [-0.4, -0.2) is 34.5 Å². The van der Waals surface area contributed by atoms with Gasteiger partial charge in [0.2, 0.25) is 0 Å². The van der Waals surface area contributed by atoms with Crippen LogP contribution < -0.4 is 5.32 Å². The van der Waals surface area contributed by atoms with E-state index < -0.39 is 0 Å². The Bertz CT molecular complexity index is 604. The van der Waals surface area contributed by atoms with E-state index in [0.717, 1.165) is 50.8 Å². The van der Waals surface area contributed by atoms with E-state index in [4.69, 9.17) is 4.74 Å². The first-order valence-corrected chi connectivity index (χ1v) is 7.72. The summed E-state index contributed by atoms with van der Waals surface area (Å²) in [5.74, 6) is 2.69. The van der Waals surface area contributed by atoms with Gasteiger partial charge in [0.1, 0.15) is 5.82 Å².